The lowest BCUT2D eigenvalue weighted by Crippen LogP contribution is -2.30. The summed E-state index contributed by atoms with van der Waals surface area (Å²) in [6.07, 6.45) is 2.33. The van der Waals surface area contributed by atoms with E-state index in [1.54, 1.807) is 0 Å². The highest BCUT2D eigenvalue weighted by atomic mass is 35.5. The maximum atomic E-state index is 13.5. The van der Waals surface area contributed by atoms with E-state index in [4.69, 9.17) is 17.3 Å². The van der Waals surface area contributed by atoms with Crippen LogP contribution in [-0.2, 0) is 0 Å². The molecule has 0 bridgehead atoms. The van der Waals surface area contributed by atoms with Gasteiger partial charge in [0, 0.05) is 18.7 Å². The molecule has 0 aliphatic heterocycles. The van der Waals surface area contributed by atoms with Gasteiger partial charge in [0.15, 0.2) is 0 Å². The Kier molecular flexibility index (Phi) is 3.48. The summed E-state index contributed by atoms with van der Waals surface area (Å²) >= 11 is 5.72. The summed E-state index contributed by atoms with van der Waals surface area (Å²) < 4.78 is 13.5. The van der Waals surface area contributed by atoms with Crippen molar-refractivity contribution in [3.63, 3.8) is 0 Å². The summed E-state index contributed by atoms with van der Waals surface area (Å²) in [7, 11) is 0. The SMILES string of the molecule is CC(C)CN(c1cc(F)c(Cl)cc1N)C1CC1. The molecule has 0 unspecified atom stereocenters. The summed E-state index contributed by atoms with van der Waals surface area (Å²) in [6.45, 7) is 5.20. The summed E-state index contributed by atoms with van der Waals surface area (Å²) in [6, 6.07) is 3.47. The van der Waals surface area contributed by atoms with E-state index in [1.165, 1.54) is 12.1 Å². The van der Waals surface area contributed by atoms with Crippen molar-refractivity contribution in [1.29, 1.82) is 0 Å². The standard InChI is InChI=1S/C13H18ClFN2/c1-8(2)7-17(9-3-4-9)13-6-11(15)10(14)5-12(13)16/h5-6,8-9H,3-4,7,16H2,1-2H3. The minimum absolute atomic E-state index is 0.0894. The van der Waals surface area contributed by atoms with Gasteiger partial charge in [-0.1, -0.05) is 25.4 Å². The van der Waals surface area contributed by atoms with E-state index in [0.717, 1.165) is 25.1 Å². The van der Waals surface area contributed by atoms with Crippen molar-refractivity contribution in [2.24, 2.45) is 5.92 Å². The molecule has 94 valence electrons. The first-order valence-electron chi connectivity index (χ1n) is 6.00. The van der Waals surface area contributed by atoms with Crippen LogP contribution in [0.1, 0.15) is 26.7 Å². The van der Waals surface area contributed by atoms with E-state index in [1.807, 2.05) is 0 Å². The van der Waals surface area contributed by atoms with Crippen LogP contribution < -0.4 is 10.6 Å². The van der Waals surface area contributed by atoms with Gasteiger partial charge in [-0.05, 0) is 24.8 Å². The molecule has 1 saturated carbocycles. The number of anilines is 2. The van der Waals surface area contributed by atoms with Gasteiger partial charge in [-0.3, -0.25) is 0 Å². The highest BCUT2D eigenvalue weighted by molar-refractivity contribution is 6.31. The van der Waals surface area contributed by atoms with Crippen molar-refractivity contribution in [3.05, 3.63) is 23.0 Å². The molecule has 17 heavy (non-hydrogen) atoms. The molecule has 0 radical (unpaired) electrons. The monoisotopic (exact) mass is 256 g/mol. The second kappa shape index (κ2) is 4.73. The van der Waals surface area contributed by atoms with Crippen LogP contribution in [-0.4, -0.2) is 12.6 Å². The molecule has 0 aromatic heterocycles. The highest BCUT2D eigenvalue weighted by Crippen LogP contribution is 2.37. The zero-order valence-corrected chi connectivity index (χ0v) is 11.0. The topological polar surface area (TPSA) is 29.3 Å². The Hall–Kier alpha value is -0.960. The van der Waals surface area contributed by atoms with Crippen molar-refractivity contribution >= 4 is 23.0 Å². The molecule has 2 N–H and O–H groups in total. The first-order chi connectivity index (χ1) is 7.99. The third-order valence-corrected chi connectivity index (χ3v) is 3.22. The first kappa shape index (κ1) is 12.5. The quantitative estimate of drug-likeness (QED) is 0.833. The average molecular weight is 257 g/mol. The molecule has 4 heteroatoms. The molecule has 1 fully saturated rings. The Morgan fingerprint density at radius 2 is 2.12 bits per heavy atom. The van der Waals surface area contributed by atoms with Crippen LogP contribution in [0, 0.1) is 11.7 Å². The largest absolute Gasteiger partial charge is 0.397 e. The van der Waals surface area contributed by atoms with Gasteiger partial charge in [0.25, 0.3) is 0 Å². The van der Waals surface area contributed by atoms with Crippen molar-refractivity contribution < 1.29 is 4.39 Å². The van der Waals surface area contributed by atoms with E-state index >= 15 is 0 Å². The van der Waals surface area contributed by atoms with Crippen molar-refractivity contribution in [3.8, 4) is 0 Å². The summed E-state index contributed by atoms with van der Waals surface area (Å²) in [5.74, 6) is 0.124. The van der Waals surface area contributed by atoms with Crippen LogP contribution in [0.5, 0.6) is 0 Å². The Labute approximate surface area is 107 Å². The predicted octanol–water partition coefficient (Wildman–Crippen LogP) is 3.69. The van der Waals surface area contributed by atoms with Gasteiger partial charge in [0.1, 0.15) is 5.82 Å². The molecule has 0 heterocycles. The number of hydrogen-bond acceptors (Lipinski definition) is 2. The molecule has 0 spiro atoms. The van der Waals surface area contributed by atoms with Crippen LogP contribution in [0.3, 0.4) is 0 Å². The lowest BCUT2D eigenvalue weighted by Gasteiger charge is -2.28. The van der Waals surface area contributed by atoms with Gasteiger partial charge in [-0.2, -0.15) is 0 Å². The fraction of sp³-hybridized carbons (Fsp3) is 0.538. The number of hydrogen-bond donors (Lipinski definition) is 1. The van der Waals surface area contributed by atoms with Gasteiger partial charge < -0.3 is 10.6 Å². The summed E-state index contributed by atoms with van der Waals surface area (Å²) in [5.41, 5.74) is 7.28. The molecule has 0 saturated heterocycles. The number of benzene rings is 1. The van der Waals surface area contributed by atoms with Crippen LogP contribution >= 0.6 is 11.6 Å². The zero-order valence-electron chi connectivity index (χ0n) is 10.2. The third-order valence-electron chi connectivity index (χ3n) is 2.93. The van der Waals surface area contributed by atoms with E-state index < -0.39 is 5.82 Å². The Balaban J connectivity index is 2.31. The molecule has 1 aliphatic carbocycles. The van der Waals surface area contributed by atoms with E-state index in [2.05, 4.69) is 18.7 Å². The predicted molar refractivity (Wildman–Crippen MR) is 71.0 cm³/mol. The van der Waals surface area contributed by atoms with E-state index in [0.29, 0.717) is 17.6 Å². The van der Waals surface area contributed by atoms with Crippen molar-refractivity contribution in [2.75, 3.05) is 17.2 Å². The molecular weight excluding hydrogens is 239 g/mol. The third kappa shape index (κ3) is 2.83. The summed E-state index contributed by atoms with van der Waals surface area (Å²) in [5, 5.41) is 0.0894. The molecule has 2 nitrogen and oxygen atoms in total. The van der Waals surface area contributed by atoms with Crippen LogP contribution in [0.4, 0.5) is 15.8 Å². The second-order valence-electron chi connectivity index (χ2n) is 5.10. The smallest absolute Gasteiger partial charge is 0.144 e. The van der Waals surface area contributed by atoms with Crippen molar-refractivity contribution in [2.45, 2.75) is 32.7 Å². The number of nitrogens with two attached hydrogens (primary N) is 1. The first-order valence-corrected chi connectivity index (χ1v) is 6.38. The second-order valence-corrected chi connectivity index (χ2v) is 5.51. The Morgan fingerprint density at radius 3 is 2.65 bits per heavy atom. The fourth-order valence-electron chi connectivity index (χ4n) is 2.02. The maximum absolute atomic E-state index is 13.5. The van der Waals surface area contributed by atoms with E-state index in [9.17, 15) is 4.39 Å². The minimum Gasteiger partial charge on any atom is -0.397 e. The van der Waals surface area contributed by atoms with Crippen LogP contribution in [0.25, 0.3) is 0 Å². The molecule has 1 aromatic carbocycles. The molecule has 2 rings (SSSR count). The van der Waals surface area contributed by atoms with Crippen molar-refractivity contribution in [1.82, 2.24) is 0 Å². The molecule has 1 aromatic rings. The molecule has 0 amide bonds. The number of nitrogens with zero attached hydrogens (tertiary/aromatic N) is 1. The molecule has 1 aliphatic rings. The van der Waals surface area contributed by atoms with Crippen LogP contribution in [0.15, 0.2) is 12.1 Å². The highest BCUT2D eigenvalue weighted by Gasteiger charge is 2.31. The molecule has 0 atom stereocenters. The van der Waals surface area contributed by atoms with Gasteiger partial charge in [-0.15, -0.1) is 0 Å². The maximum Gasteiger partial charge on any atom is 0.144 e. The van der Waals surface area contributed by atoms with Gasteiger partial charge in [0.2, 0.25) is 0 Å². The summed E-state index contributed by atoms with van der Waals surface area (Å²) in [4.78, 5) is 2.21. The number of nitrogen functional groups attached to an aromatic ring is 1. The zero-order chi connectivity index (χ0) is 12.6. The number of halogens is 2. The average Bonchev–Trinajstić information content (AvgIpc) is 3.04. The van der Waals surface area contributed by atoms with Gasteiger partial charge in [-0.25, -0.2) is 4.39 Å². The number of rotatable bonds is 4. The van der Waals surface area contributed by atoms with Gasteiger partial charge in [0.05, 0.1) is 16.4 Å². The van der Waals surface area contributed by atoms with Gasteiger partial charge >= 0.3 is 0 Å². The van der Waals surface area contributed by atoms with Crippen LogP contribution in [0.2, 0.25) is 5.02 Å². The Morgan fingerprint density at radius 1 is 1.47 bits per heavy atom. The molecular formula is C13H18ClFN2. The normalized spacial score (nSPS) is 15.4. The minimum atomic E-state index is -0.398. The Bertz CT molecular complexity index is 416. The lowest BCUT2D eigenvalue weighted by molar-refractivity contribution is 0.600. The lowest BCUT2D eigenvalue weighted by atomic mass is 10.1. The van der Waals surface area contributed by atoms with E-state index in [-0.39, 0.29) is 5.02 Å². The fourth-order valence-corrected chi connectivity index (χ4v) is 2.20.